The smallest absolute Gasteiger partial charge is 0.380 e. The Bertz CT molecular complexity index is 594. The van der Waals surface area contributed by atoms with Crippen LogP contribution in [-0.4, -0.2) is 4.98 Å². The van der Waals surface area contributed by atoms with Crippen molar-refractivity contribution in [2.45, 2.75) is 19.6 Å². The molecule has 0 aliphatic carbocycles. The van der Waals surface area contributed by atoms with Gasteiger partial charge in [-0.05, 0) is 36.2 Å². The van der Waals surface area contributed by atoms with Gasteiger partial charge in [0.15, 0.2) is 0 Å². The van der Waals surface area contributed by atoms with Crippen LogP contribution in [0.4, 0.5) is 18.9 Å². The molecule has 6 heteroatoms. The van der Waals surface area contributed by atoms with Gasteiger partial charge in [-0.1, -0.05) is 23.7 Å². The average molecular weight is 301 g/mol. The van der Waals surface area contributed by atoms with Crippen molar-refractivity contribution in [1.29, 1.82) is 0 Å². The number of nitrogens with zero attached hydrogens (tertiary/aromatic N) is 1. The van der Waals surface area contributed by atoms with Gasteiger partial charge in [0.25, 0.3) is 0 Å². The number of halogens is 4. The number of aromatic nitrogens is 1. The third-order valence-corrected chi connectivity index (χ3v) is 3.19. The van der Waals surface area contributed by atoms with Crippen molar-refractivity contribution in [1.82, 2.24) is 4.98 Å². The Hall–Kier alpha value is -1.75. The van der Waals surface area contributed by atoms with Gasteiger partial charge >= 0.3 is 6.18 Å². The van der Waals surface area contributed by atoms with E-state index in [-0.39, 0.29) is 0 Å². The fraction of sp³-hybridized carbons (Fsp3) is 0.214. The summed E-state index contributed by atoms with van der Waals surface area (Å²) in [6, 6.07) is 6.88. The Morgan fingerprint density at radius 1 is 1.20 bits per heavy atom. The van der Waals surface area contributed by atoms with Crippen molar-refractivity contribution in [3.63, 3.8) is 0 Å². The Labute approximate surface area is 119 Å². The molecule has 1 aromatic carbocycles. The van der Waals surface area contributed by atoms with Crippen molar-refractivity contribution in [3.05, 3.63) is 58.4 Å². The standard InChI is InChI=1S/C14H12ClF3N2/c1-9-6-12(8-20-13(9)15)19-7-10-2-4-11(5-3-10)14(16,17)18/h2-6,8,19H,7H2,1H3. The second-order valence-electron chi connectivity index (χ2n) is 4.38. The zero-order valence-electron chi connectivity index (χ0n) is 10.6. The fourth-order valence-electron chi connectivity index (χ4n) is 1.67. The molecule has 2 nitrogen and oxygen atoms in total. The average Bonchev–Trinajstić information content (AvgIpc) is 2.40. The van der Waals surface area contributed by atoms with Crippen LogP contribution in [0.1, 0.15) is 16.7 Å². The lowest BCUT2D eigenvalue weighted by Gasteiger charge is -2.09. The van der Waals surface area contributed by atoms with Crippen LogP contribution in [0.5, 0.6) is 0 Å². The minimum Gasteiger partial charge on any atom is -0.380 e. The third-order valence-electron chi connectivity index (χ3n) is 2.79. The number of hydrogen-bond donors (Lipinski definition) is 1. The maximum absolute atomic E-state index is 12.4. The summed E-state index contributed by atoms with van der Waals surface area (Å²) in [7, 11) is 0. The number of nitrogens with one attached hydrogen (secondary N) is 1. The van der Waals surface area contributed by atoms with E-state index in [1.54, 1.807) is 6.20 Å². The molecule has 0 aliphatic heterocycles. The summed E-state index contributed by atoms with van der Waals surface area (Å²) in [5, 5.41) is 3.52. The van der Waals surface area contributed by atoms with Gasteiger partial charge in [-0.15, -0.1) is 0 Å². The predicted octanol–water partition coefficient (Wildman–Crippen LogP) is 4.67. The summed E-state index contributed by atoms with van der Waals surface area (Å²) in [5.74, 6) is 0. The third kappa shape index (κ3) is 3.63. The minimum absolute atomic E-state index is 0.418. The van der Waals surface area contributed by atoms with Crippen LogP contribution in [0.15, 0.2) is 36.5 Å². The summed E-state index contributed by atoms with van der Waals surface area (Å²) in [4.78, 5) is 3.99. The molecule has 0 bridgehead atoms. The van der Waals surface area contributed by atoms with Gasteiger partial charge in [0.2, 0.25) is 0 Å². The summed E-state index contributed by atoms with van der Waals surface area (Å²) >= 11 is 5.81. The first kappa shape index (κ1) is 14.7. The summed E-state index contributed by atoms with van der Waals surface area (Å²) < 4.78 is 37.2. The molecular formula is C14H12ClF3N2. The molecule has 1 aromatic heterocycles. The number of hydrogen-bond acceptors (Lipinski definition) is 2. The molecule has 0 unspecified atom stereocenters. The zero-order chi connectivity index (χ0) is 14.8. The van der Waals surface area contributed by atoms with Gasteiger partial charge in [-0.2, -0.15) is 13.2 Å². The maximum atomic E-state index is 12.4. The molecule has 1 heterocycles. The summed E-state index contributed by atoms with van der Waals surface area (Å²) in [6.45, 7) is 2.25. The maximum Gasteiger partial charge on any atom is 0.416 e. The molecule has 106 valence electrons. The van der Waals surface area contributed by atoms with E-state index in [1.807, 2.05) is 13.0 Å². The van der Waals surface area contributed by atoms with Crippen LogP contribution < -0.4 is 5.32 Å². The van der Waals surface area contributed by atoms with Gasteiger partial charge < -0.3 is 5.32 Å². The first-order valence-corrected chi connectivity index (χ1v) is 6.26. The first-order valence-electron chi connectivity index (χ1n) is 5.88. The van der Waals surface area contributed by atoms with Crippen LogP contribution in [0, 0.1) is 6.92 Å². The van der Waals surface area contributed by atoms with Gasteiger partial charge in [-0.25, -0.2) is 4.98 Å². The monoisotopic (exact) mass is 300 g/mol. The molecule has 20 heavy (non-hydrogen) atoms. The lowest BCUT2D eigenvalue weighted by molar-refractivity contribution is -0.137. The van der Waals surface area contributed by atoms with Gasteiger partial charge in [0.05, 0.1) is 17.4 Å². The molecule has 0 amide bonds. The second kappa shape index (κ2) is 5.71. The summed E-state index contributed by atoms with van der Waals surface area (Å²) in [5.41, 5.74) is 1.71. The molecule has 2 aromatic rings. The van der Waals surface area contributed by atoms with Crippen LogP contribution in [0.3, 0.4) is 0 Å². The molecular weight excluding hydrogens is 289 g/mol. The van der Waals surface area contributed by atoms with Gasteiger partial charge in [0.1, 0.15) is 5.15 Å². The van der Waals surface area contributed by atoms with Crippen molar-refractivity contribution in [2.24, 2.45) is 0 Å². The van der Waals surface area contributed by atoms with E-state index in [2.05, 4.69) is 10.3 Å². The van der Waals surface area contributed by atoms with Crippen LogP contribution in [0.2, 0.25) is 5.15 Å². The fourth-order valence-corrected chi connectivity index (χ4v) is 1.77. The lowest BCUT2D eigenvalue weighted by atomic mass is 10.1. The van der Waals surface area contributed by atoms with Crippen molar-refractivity contribution < 1.29 is 13.2 Å². The Balaban J connectivity index is 2.02. The number of aryl methyl sites for hydroxylation is 1. The topological polar surface area (TPSA) is 24.9 Å². The van der Waals surface area contributed by atoms with Gasteiger partial charge in [0, 0.05) is 6.54 Å². The quantitative estimate of drug-likeness (QED) is 0.833. The van der Waals surface area contributed by atoms with E-state index in [1.165, 1.54) is 12.1 Å². The molecule has 0 saturated carbocycles. The van der Waals surface area contributed by atoms with Crippen molar-refractivity contribution in [2.75, 3.05) is 5.32 Å². The van der Waals surface area contributed by atoms with E-state index in [4.69, 9.17) is 11.6 Å². The van der Waals surface area contributed by atoms with E-state index in [9.17, 15) is 13.2 Å². The molecule has 0 radical (unpaired) electrons. The zero-order valence-corrected chi connectivity index (χ0v) is 11.4. The Kier molecular flexibility index (Phi) is 4.18. The highest BCUT2D eigenvalue weighted by atomic mass is 35.5. The second-order valence-corrected chi connectivity index (χ2v) is 4.74. The molecule has 1 N–H and O–H groups in total. The molecule has 0 saturated heterocycles. The van der Waals surface area contributed by atoms with E-state index in [0.29, 0.717) is 11.7 Å². The normalized spacial score (nSPS) is 11.4. The SMILES string of the molecule is Cc1cc(NCc2ccc(C(F)(F)F)cc2)cnc1Cl. The van der Waals surface area contributed by atoms with E-state index in [0.717, 1.165) is 28.9 Å². The predicted molar refractivity (Wildman–Crippen MR) is 72.8 cm³/mol. The molecule has 2 rings (SSSR count). The Morgan fingerprint density at radius 3 is 2.40 bits per heavy atom. The highest BCUT2D eigenvalue weighted by Gasteiger charge is 2.29. The summed E-state index contributed by atoms with van der Waals surface area (Å²) in [6.07, 6.45) is -2.72. The van der Waals surface area contributed by atoms with Crippen molar-refractivity contribution >= 4 is 17.3 Å². The lowest BCUT2D eigenvalue weighted by Crippen LogP contribution is -2.05. The van der Waals surface area contributed by atoms with Crippen LogP contribution >= 0.6 is 11.6 Å². The highest BCUT2D eigenvalue weighted by molar-refractivity contribution is 6.30. The number of alkyl halides is 3. The number of benzene rings is 1. The first-order chi connectivity index (χ1) is 9.36. The minimum atomic E-state index is -4.30. The van der Waals surface area contributed by atoms with E-state index >= 15 is 0 Å². The molecule has 0 spiro atoms. The van der Waals surface area contributed by atoms with E-state index < -0.39 is 11.7 Å². The van der Waals surface area contributed by atoms with Crippen LogP contribution in [0.25, 0.3) is 0 Å². The van der Waals surface area contributed by atoms with Crippen LogP contribution in [-0.2, 0) is 12.7 Å². The molecule has 0 fully saturated rings. The number of rotatable bonds is 3. The van der Waals surface area contributed by atoms with Gasteiger partial charge in [-0.3, -0.25) is 0 Å². The molecule has 0 atom stereocenters. The number of pyridine rings is 1. The highest BCUT2D eigenvalue weighted by Crippen LogP contribution is 2.29. The number of anilines is 1. The Morgan fingerprint density at radius 2 is 1.85 bits per heavy atom. The largest absolute Gasteiger partial charge is 0.416 e. The van der Waals surface area contributed by atoms with Crippen molar-refractivity contribution in [3.8, 4) is 0 Å². The molecule has 0 aliphatic rings.